The minimum atomic E-state index is -0.865. The van der Waals surface area contributed by atoms with Gasteiger partial charge in [0, 0.05) is 12.3 Å². The first kappa shape index (κ1) is 19.0. The highest BCUT2D eigenvalue weighted by atomic mass is 32.2. The van der Waals surface area contributed by atoms with Crippen molar-refractivity contribution in [3.63, 3.8) is 0 Å². The van der Waals surface area contributed by atoms with E-state index >= 15 is 0 Å². The van der Waals surface area contributed by atoms with Gasteiger partial charge in [-0.05, 0) is 24.5 Å². The Morgan fingerprint density at radius 3 is 2.72 bits per heavy atom. The highest BCUT2D eigenvalue weighted by Crippen LogP contribution is 2.23. The second-order valence-electron chi connectivity index (χ2n) is 5.81. The van der Waals surface area contributed by atoms with Gasteiger partial charge in [0.15, 0.2) is 0 Å². The summed E-state index contributed by atoms with van der Waals surface area (Å²) in [7, 11) is 0. The van der Waals surface area contributed by atoms with Crippen LogP contribution in [0.4, 0.5) is 0 Å². The van der Waals surface area contributed by atoms with Crippen molar-refractivity contribution in [1.82, 2.24) is 20.1 Å². The van der Waals surface area contributed by atoms with Crippen LogP contribution < -0.4 is 5.32 Å². The van der Waals surface area contributed by atoms with Crippen molar-refractivity contribution >= 4 is 23.6 Å². The first-order valence-corrected chi connectivity index (χ1v) is 9.16. The van der Waals surface area contributed by atoms with Crippen LogP contribution in [0.5, 0.6) is 0 Å². The average molecular weight is 362 g/mol. The number of hydrogen-bond donors (Lipinski definition) is 2. The fourth-order valence-electron chi connectivity index (χ4n) is 2.36. The van der Waals surface area contributed by atoms with E-state index in [0.717, 1.165) is 11.3 Å². The van der Waals surface area contributed by atoms with Crippen LogP contribution in [0.15, 0.2) is 24.3 Å². The Hall–Kier alpha value is -2.35. The summed E-state index contributed by atoms with van der Waals surface area (Å²) in [5, 5.41) is 15.6. The average Bonchev–Trinajstić information content (AvgIpc) is 2.96. The van der Waals surface area contributed by atoms with E-state index < -0.39 is 5.97 Å². The molecule has 25 heavy (non-hydrogen) atoms. The quantitative estimate of drug-likeness (QED) is 0.699. The molecule has 0 saturated heterocycles. The van der Waals surface area contributed by atoms with Crippen LogP contribution in [-0.4, -0.2) is 49.8 Å². The third-order valence-electron chi connectivity index (χ3n) is 3.52. The van der Waals surface area contributed by atoms with Crippen LogP contribution in [0.25, 0.3) is 5.69 Å². The number of aliphatic carboxylic acids is 1. The number of amides is 1. The third kappa shape index (κ3) is 5.06. The maximum Gasteiger partial charge on any atom is 0.313 e. The van der Waals surface area contributed by atoms with Crippen molar-refractivity contribution in [2.45, 2.75) is 26.7 Å². The molecular weight excluding hydrogens is 340 g/mol. The number of nitrogens with one attached hydrogen (secondary N) is 1. The van der Waals surface area contributed by atoms with E-state index in [1.165, 1.54) is 11.8 Å². The molecule has 0 atom stereocenters. The zero-order valence-corrected chi connectivity index (χ0v) is 15.3. The summed E-state index contributed by atoms with van der Waals surface area (Å²) in [5.41, 5.74) is 2.05. The van der Waals surface area contributed by atoms with Crippen LogP contribution in [0.1, 0.15) is 41.8 Å². The van der Waals surface area contributed by atoms with Crippen molar-refractivity contribution < 1.29 is 14.7 Å². The van der Waals surface area contributed by atoms with Gasteiger partial charge in [-0.15, -0.1) is 16.9 Å². The Bertz CT molecular complexity index is 758. The topological polar surface area (TPSA) is 97.1 Å². The van der Waals surface area contributed by atoms with Crippen molar-refractivity contribution in [2.24, 2.45) is 0 Å². The monoisotopic (exact) mass is 362 g/mol. The minimum Gasteiger partial charge on any atom is -0.481 e. The van der Waals surface area contributed by atoms with E-state index in [1.807, 2.05) is 31.2 Å². The van der Waals surface area contributed by atoms with Gasteiger partial charge in [0.2, 0.25) is 5.82 Å². The lowest BCUT2D eigenvalue weighted by Gasteiger charge is -2.12. The lowest BCUT2D eigenvalue weighted by Crippen LogP contribution is -2.27. The number of nitrogens with zero attached hydrogens (tertiary/aromatic N) is 3. The number of carbonyl (C=O) groups is 2. The Morgan fingerprint density at radius 2 is 2.04 bits per heavy atom. The molecule has 8 heteroatoms. The number of rotatable bonds is 8. The Morgan fingerprint density at radius 1 is 1.32 bits per heavy atom. The van der Waals surface area contributed by atoms with Gasteiger partial charge in [-0.25, -0.2) is 9.67 Å². The molecule has 7 nitrogen and oxygen atoms in total. The normalized spacial score (nSPS) is 10.9. The van der Waals surface area contributed by atoms with E-state index in [0.29, 0.717) is 24.0 Å². The minimum absolute atomic E-state index is 0.0217. The molecule has 0 fully saturated rings. The van der Waals surface area contributed by atoms with E-state index in [-0.39, 0.29) is 17.5 Å². The molecular formula is C17H22N4O3S. The standard InChI is InChI=1S/C17H22N4O3S/c1-11(2)13-6-4-5-7-14(13)21-12(3)19-16(20-21)17(24)18-8-9-25-10-15(22)23/h4-7,11H,8-10H2,1-3H3,(H,18,24)(H,22,23). The smallest absolute Gasteiger partial charge is 0.313 e. The predicted molar refractivity (Wildman–Crippen MR) is 97.5 cm³/mol. The van der Waals surface area contributed by atoms with Gasteiger partial charge < -0.3 is 10.4 Å². The van der Waals surface area contributed by atoms with Crippen LogP contribution >= 0.6 is 11.8 Å². The lowest BCUT2D eigenvalue weighted by atomic mass is 10.0. The SMILES string of the molecule is Cc1nc(C(=O)NCCSCC(=O)O)nn1-c1ccccc1C(C)C. The van der Waals surface area contributed by atoms with Gasteiger partial charge in [-0.1, -0.05) is 32.0 Å². The molecule has 134 valence electrons. The summed E-state index contributed by atoms with van der Waals surface area (Å²) in [6.45, 7) is 6.39. The Kier molecular flexibility index (Phi) is 6.58. The summed E-state index contributed by atoms with van der Waals surface area (Å²) >= 11 is 1.25. The molecule has 0 aliphatic carbocycles. The predicted octanol–water partition coefficient (Wildman–Crippen LogP) is 2.25. The molecule has 0 aliphatic heterocycles. The zero-order chi connectivity index (χ0) is 18.4. The first-order chi connectivity index (χ1) is 11.9. The number of thioether (sulfide) groups is 1. The number of para-hydroxylation sites is 1. The fourth-order valence-corrected chi connectivity index (χ4v) is 2.92. The molecule has 2 rings (SSSR count). The third-order valence-corrected chi connectivity index (χ3v) is 4.46. The number of aryl methyl sites for hydroxylation is 1. The van der Waals surface area contributed by atoms with E-state index in [1.54, 1.807) is 4.68 Å². The number of carboxylic acids is 1. The van der Waals surface area contributed by atoms with Gasteiger partial charge in [0.1, 0.15) is 5.82 Å². The summed E-state index contributed by atoms with van der Waals surface area (Å²) < 4.78 is 1.68. The van der Waals surface area contributed by atoms with Crippen molar-refractivity contribution in [2.75, 3.05) is 18.1 Å². The van der Waals surface area contributed by atoms with Crippen molar-refractivity contribution in [3.8, 4) is 5.69 Å². The van der Waals surface area contributed by atoms with Gasteiger partial charge in [-0.2, -0.15) is 0 Å². The summed E-state index contributed by atoms with van der Waals surface area (Å²) in [6.07, 6.45) is 0. The zero-order valence-electron chi connectivity index (χ0n) is 14.5. The highest BCUT2D eigenvalue weighted by molar-refractivity contribution is 7.99. The number of aromatic nitrogens is 3. The van der Waals surface area contributed by atoms with Gasteiger partial charge >= 0.3 is 5.97 Å². The van der Waals surface area contributed by atoms with E-state index in [4.69, 9.17) is 5.11 Å². The Balaban J connectivity index is 2.07. The van der Waals surface area contributed by atoms with Crippen molar-refractivity contribution in [1.29, 1.82) is 0 Å². The second-order valence-corrected chi connectivity index (χ2v) is 6.92. The number of hydrogen-bond acceptors (Lipinski definition) is 5. The summed E-state index contributed by atoms with van der Waals surface area (Å²) in [5.74, 6) is 0.388. The molecule has 1 aromatic heterocycles. The van der Waals surface area contributed by atoms with Crippen LogP contribution in [0, 0.1) is 6.92 Å². The van der Waals surface area contributed by atoms with E-state index in [2.05, 4.69) is 29.2 Å². The van der Waals surface area contributed by atoms with Crippen LogP contribution in [0.3, 0.4) is 0 Å². The summed E-state index contributed by atoms with van der Waals surface area (Å²) in [4.78, 5) is 26.9. The fraction of sp³-hybridized carbons (Fsp3) is 0.412. The van der Waals surface area contributed by atoms with Crippen molar-refractivity contribution in [3.05, 3.63) is 41.5 Å². The maximum absolute atomic E-state index is 12.2. The highest BCUT2D eigenvalue weighted by Gasteiger charge is 2.17. The maximum atomic E-state index is 12.2. The Labute approximate surface area is 150 Å². The molecule has 1 heterocycles. The number of benzene rings is 1. The second kappa shape index (κ2) is 8.66. The molecule has 1 amide bonds. The molecule has 0 bridgehead atoms. The summed E-state index contributed by atoms with van der Waals surface area (Å²) in [6, 6.07) is 7.91. The van der Waals surface area contributed by atoms with Gasteiger partial charge in [-0.3, -0.25) is 9.59 Å². The number of carbonyl (C=O) groups excluding carboxylic acids is 1. The molecule has 0 unspecified atom stereocenters. The molecule has 0 saturated carbocycles. The van der Waals surface area contributed by atoms with E-state index in [9.17, 15) is 9.59 Å². The molecule has 2 aromatic rings. The largest absolute Gasteiger partial charge is 0.481 e. The molecule has 0 aliphatic rings. The van der Waals surface area contributed by atoms with Crippen LogP contribution in [-0.2, 0) is 4.79 Å². The lowest BCUT2D eigenvalue weighted by molar-refractivity contribution is -0.133. The molecule has 0 spiro atoms. The molecule has 0 radical (unpaired) electrons. The number of carboxylic acid groups (broad SMARTS) is 1. The molecule has 1 aromatic carbocycles. The first-order valence-electron chi connectivity index (χ1n) is 8.01. The molecule has 2 N–H and O–H groups in total. The van der Waals surface area contributed by atoms with Crippen LogP contribution in [0.2, 0.25) is 0 Å². The van der Waals surface area contributed by atoms with Gasteiger partial charge in [0.05, 0.1) is 11.4 Å². The van der Waals surface area contributed by atoms with Gasteiger partial charge in [0.25, 0.3) is 5.91 Å².